The van der Waals surface area contributed by atoms with Crippen LogP contribution in [0.15, 0.2) is 59.2 Å². The van der Waals surface area contributed by atoms with Crippen LogP contribution in [-0.4, -0.2) is 30.9 Å². The summed E-state index contributed by atoms with van der Waals surface area (Å²) in [4.78, 5) is 3.68. The van der Waals surface area contributed by atoms with Gasteiger partial charge in [0.15, 0.2) is 6.35 Å². The molecule has 0 amide bonds. The maximum absolute atomic E-state index is 13.2. The smallest absolute Gasteiger partial charge is 0.368 e. The summed E-state index contributed by atoms with van der Waals surface area (Å²) < 4.78 is 30.4. The van der Waals surface area contributed by atoms with Gasteiger partial charge in [-0.05, 0) is 97.5 Å². The second-order valence-electron chi connectivity index (χ2n) is 9.30. The normalized spacial score (nSPS) is 21.0. The van der Waals surface area contributed by atoms with E-state index in [2.05, 4.69) is 31.6 Å². The lowest BCUT2D eigenvalue weighted by atomic mass is 9.93. The summed E-state index contributed by atoms with van der Waals surface area (Å²) in [5.41, 5.74) is 6.42. The van der Waals surface area contributed by atoms with Gasteiger partial charge in [-0.25, -0.2) is 0 Å². The van der Waals surface area contributed by atoms with Crippen LogP contribution in [-0.2, 0) is 20.0 Å². The molecule has 0 aromatic heterocycles. The number of benzene rings is 2. The number of aliphatic imine (C=N–C) groups is 1. The molecule has 7 heteroatoms. The van der Waals surface area contributed by atoms with Crippen LogP contribution in [0.5, 0.6) is 11.5 Å². The number of allylic oxidation sites excluding steroid dienone is 2. The molecular formula is C28H36NO5P. The van der Waals surface area contributed by atoms with Gasteiger partial charge in [0.1, 0.15) is 11.5 Å². The molecule has 3 rings (SSSR count). The number of phenolic OH excluding ortho intramolecular Hbond substituents is 1. The first kappa shape index (κ1) is 26.9. The molecule has 1 heterocycles. The highest BCUT2D eigenvalue weighted by atomic mass is 31.2. The first-order valence-corrected chi connectivity index (χ1v) is 13.6. The molecule has 2 aromatic carbocycles. The van der Waals surface area contributed by atoms with Gasteiger partial charge in [0.2, 0.25) is 0 Å². The summed E-state index contributed by atoms with van der Waals surface area (Å²) in [6, 6.07) is 9.72. The number of rotatable bonds is 9. The molecule has 6 nitrogen and oxygen atoms in total. The first-order valence-electron chi connectivity index (χ1n) is 11.9. The van der Waals surface area contributed by atoms with Gasteiger partial charge in [-0.3, -0.25) is 14.1 Å². The Balaban J connectivity index is 1.69. The van der Waals surface area contributed by atoms with Crippen molar-refractivity contribution in [3.8, 4) is 11.5 Å². The summed E-state index contributed by atoms with van der Waals surface area (Å²) >= 11 is 0. The quantitative estimate of drug-likeness (QED) is 0.225. The molecule has 0 bridgehead atoms. The maximum Gasteiger partial charge on any atom is 0.368 e. The van der Waals surface area contributed by atoms with Crippen molar-refractivity contribution in [2.24, 2.45) is 4.99 Å². The minimum atomic E-state index is -3.39. The molecule has 0 spiro atoms. The summed E-state index contributed by atoms with van der Waals surface area (Å²) in [5.74, 6) is 1.22. The van der Waals surface area contributed by atoms with Crippen LogP contribution in [0.4, 0.5) is 0 Å². The van der Waals surface area contributed by atoms with E-state index in [0.717, 1.165) is 34.2 Å². The third-order valence-corrected chi connectivity index (χ3v) is 7.77. The molecule has 1 N–H and O–H groups in total. The number of aryl methyl sites for hydroxylation is 2. The lowest BCUT2D eigenvalue weighted by molar-refractivity contribution is 0.0914. The second-order valence-corrected chi connectivity index (χ2v) is 11.2. The molecule has 1 aliphatic rings. The zero-order chi connectivity index (χ0) is 25.6. The van der Waals surface area contributed by atoms with E-state index < -0.39 is 7.60 Å². The van der Waals surface area contributed by atoms with E-state index in [1.807, 2.05) is 45.0 Å². The van der Waals surface area contributed by atoms with Gasteiger partial charge in [-0.1, -0.05) is 32.1 Å². The van der Waals surface area contributed by atoms with E-state index in [0.29, 0.717) is 24.5 Å². The molecule has 1 aliphatic heterocycles. The van der Waals surface area contributed by atoms with Gasteiger partial charge in [-0.2, -0.15) is 0 Å². The maximum atomic E-state index is 13.2. The van der Waals surface area contributed by atoms with Gasteiger partial charge in [0, 0.05) is 12.6 Å². The molecule has 188 valence electrons. The van der Waals surface area contributed by atoms with Gasteiger partial charge in [0.25, 0.3) is 0 Å². The summed E-state index contributed by atoms with van der Waals surface area (Å²) in [6.07, 6.45) is 6.19. The Labute approximate surface area is 208 Å². The number of ether oxygens (including phenoxy) is 1. The van der Waals surface area contributed by atoms with E-state index in [9.17, 15) is 9.67 Å². The number of phenols is 1. The summed E-state index contributed by atoms with van der Waals surface area (Å²) in [5, 5.41) is 10.1. The molecule has 1 unspecified atom stereocenters. The highest BCUT2D eigenvalue weighted by Gasteiger charge is 2.35. The molecule has 0 saturated carbocycles. The topological polar surface area (TPSA) is 77.4 Å². The van der Waals surface area contributed by atoms with Crippen LogP contribution >= 0.6 is 7.60 Å². The highest BCUT2D eigenvalue weighted by Crippen LogP contribution is 2.53. The average molecular weight is 498 g/mol. The predicted molar refractivity (Wildman–Crippen MR) is 142 cm³/mol. The lowest BCUT2D eigenvalue weighted by Crippen LogP contribution is -2.23. The van der Waals surface area contributed by atoms with E-state index >= 15 is 0 Å². The summed E-state index contributed by atoms with van der Waals surface area (Å²) in [7, 11) is -3.39. The predicted octanol–water partition coefficient (Wildman–Crippen LogP) is 7.22. The fourth-order valence-corrected chi connectivity index (χ4v) is 5.71. The lowest BCUT2D eigenvalue weighted by Gasteiger charge is -2.30. The van der Waals surface area contributed by atoms with Crippen LogP contribution in [0.25, 0.3) is 0 Å². The average Bonchev–Trinajstić information content (AvgIpc) is 2.81. The third-order valence-electron chi connectivity index (χ3n) is 6.17. The van der Waals surface area contributed by atoms with Crippen LogP contribution in [0.1, 0.15) is 60.9 Å². The van der Waals surface area contributed by atoms with Crippen molar-refractivity contribution in [2.45, 2.75) is 59.5 Å². The molecule has 2 aromatic rings. The zero-order valence-corrected chi connectivity index (χ0v) is 22.2. The van der Waals surface area contributed by atoms with Crippen molar-refractivity contribution in [3.63, 3.8) is 0 Å². The molecule has 2 atom stereocenters. The highest BCUT2D eigenvalue weighted by molar-refractivity contribution is 7.53. The number of aromatic hydroxyl groups is 1. The third kappa shape index (κ3) is 7.17. The molecule has 1 saturated heterocycles. The standard InChI is InChI=1S/C28H36NO5P/c1-19(2)25-16-23(9-10-27(25)30)17-26-21(4)14-24(15-22(26)5)32-18-35(31)33-13-11-28(34-35)20(3)8-7-12-29-6/h7-10,12,14-16,19,28,30H,6,11,13,17-18H2,1-5H3/b12-7-,20-8+/t28-,35?/m0/s1. The van der Waals surface area contributed by atoms with Crippen LogP contribution < -0.4 is 4.74 Å². The van der Waals surface area contributed by atoms with Crippen LogP contribution in [0.2, 0.25) is 0 Å². The van der Waals surface area contributed by atoms with E-state index in [-0.39, 0.29) is 18.4 Å². The number of nitrogens with zero attached hydrogens (tertiary/aromatic N) is 1. The Bertz CT molecular complexity index is 1140. The SMILES string of the molecule is C=N/C=C\C=C(/C)[C@@H]1CCOP(=O)(COc2cc(C)c(Cc3ccc(O)c(C(C)C)c3)c(C)c2)O1. The monoisotopic (exact) mass is 497 g/mol. The number of hydrogen-bond donors (Lipinski definition) is 1. The van der Waals surface area contributed by atoms with Gasteiger partial charge in [0.05, 0.1) is 12.7 Å². The molecule has 0 radical (unpaired) electrons. The minimum Gasteiger partial charge on any atom is -0.508 e. The fraction of sp³-hybridized carbons (Fsp3) is 0.393. The van der Waals surface area contributed by atoms with Gasteiger partial charge in [-0.15, -0.1) is 0 Å². The van der Waals surface area contributed by atoms with Crippen LogP contribution in [0, 0.1) is 13.8 Å². The minimum absolute atomic E-state index is 0.144. The van der Waals surface area contributed by atoms with E-state index in [1.165, 1.54) is 5.56 Å². The Morgan fingerprint density at radius 3 is 2.66 bits per heavy atom. The van der Waals surface area contributed by atoms with Crippen molar-refractivity contribution in [3.05, 3.63) is 82.1 Å². The van der Waals surface area contributed by atoms with E-state index in [1.54, 1.807) is 18.3 Å². The largest absolute Gasteiger partial charge is 0.508 e. The molecule has 35 heavy (non-hydrogen) atoms. The first-order chi connectivity index (χ1) is 16.6. The Morgan fingerprint density at radius 1 is 1.29 bits per heavy atom. The molecule has 1 fully saturated rings. The Morgan fingerprint density at radius 2 is 2.00 bits per heavy atom. The van der Waals surface area contributed by atoms with Crippen molar-refractivity contribution < 1.29 is 23.5 Å². The Kier molecular flexibility index (Phi) is 9.12. The zero-order valence-electron chi connectivity index (χ0n) is 21.3. The molecular weight excluding hydrogens is 461 g/mol. The van der Waals surface area contributed by atoms with E-state index in [4.69, 9.17) is 13.8 Å². The van der Waals surface area contributed by atoms with Gasteiger partial charge < -0.3 is 14.4 Å². The van der Waals surface area contributed by atoms with Crippen molar-refractivity contribution in [1.29, 1.82) is 0 Å². The molecule has 0 aliphatic carbocycles. The number of hydrogen-bond acceptors (Lipinski definition) is 6. The Hall–Kier alpha value is -2.66. The van der Waals surface area contributed by atoms with Gasteiger partial charge >= 0.3 is 7.60 Å². The van der Waals surface area contributed by atoms with Crippen molar-refractivity contribution >= 4 is 14.3 Å². The second kappa shape index (κ2) is 11.9. The summed E-state index contributed by atoms with van der Waals surface area (Å²) in [6.45, 7) is 13.9. The fourth-order valence-electron chi connectivity index (χ4n) is 4.17. The van der Waals surface area contributed by atoms with Crippen molar-refractivity contribution in [2.75, 3.05) is 13.0 Å². The van der Waals surface area contributed by atoms with Crippen molar-refractivity contribution in [1.82, 2.24) is 0 Å². The van der Waals surface area contributed by atoms with Crippen LogP contribution in [0.3, 0.4) is 0 Å².